The van der Waals surface area contributed by atoms with Crippen LogP contribution in [-0.4, -0.2) is 68.6 Å². The Bertz CT molecular complexity index is 756. The van der Waals surface area contributed by atoms with Crippen LogP contribution >= 0.6 is 0 Å². The van der Waals surface area contributed by atoms with E-state index in [1.807, 2.05) is 31.3 Å². The van der Waals surface area contributed by atoms with E-state index in [9.17, 15) is 8.42 Å². The molecule has 4 rings (SSSR count). The third kappa shape index (κ3) is 3.86. The van der Waals surface area contributed by atoms with Gasteiger partial charge >= 0.3 is 0 Å². The molecule has 1 aromatic carbocycles. The van der Waals surface area contributed by atoms with Crippen molar-refractivity contribution in [1.29, 1.82) is 0 Å². The summed E-state index contributed by atoms with van der Waals surface area (Å²) in [4.78, 5) is 0. The van der Waals surface area contributed by atoms with Gasteiger partial charge in [-0.3, -0.25) is 0 Å². The van der Waals surface area contributed by atoms with Gasteiger partial charge in [0.2, 0.25) is 0 Å². The van der Waals surface area contributed by atoms with E-state index in [0.717, 1.165) is 37.0 Å². The predicted octanol–water partition coefficient (Wildman–Crippen LogP) is 1.36. The van der Waals surface area contributed by atoms with Crippen molar-refractivity contribution in [2.24, 2.45) is 0 Å². The zero-order chi connectivity index (χ0) is 18.9. The van der Waals surface area contributed by atoms with Crippen molar-refractivity contribution < 1.29 is 17.9 Å². The minimum atomic E-state index is -3.55. The first-order chi connectivity index (χ1) is 13.0. The average Bonchev–Trinajstić information content (AvgIpc) is 2.86. The Morgan fingerprint density at radius 1 is 1.11 bits per heavy atom. The molecule has 1 spiro atoms. The summed E-state index contributed by atoms with van der Waals surface area (Å²) >= 11 is 0. The number of morpholine rings is 1. The zero-order valence-corrected chi connectivity index (χ0v) is 16.7. The summed E-state index contributed by atoms with van der Waals surface area (Å²) in [5, 5.41) is 3.34. The van der Waals surface area contributed by atoms with E-state index in [1.165, 1.54) is 0 Å². The van der Waals surface area contributed by atoms with Crippen LogP contribution in [0.2, 0.25) is 0 Å². The highest BCUT2D eigenvalue weighted by Crippen LogP contribution is 2.39. The lowest BCUT2D eigenvalue weighted by atomic mass is 9.82. The fourth-order valence-corrected chi connectivity index (χ4v) is 6.00. The van der Waals surface area contributed by atoms with Crippen LogP contribution in [-0.2, 0) is 21.5 Å². The van der Waals surface area contributed by atoms with E-state index in [1.54, 1.807) is 8.61 Å². The van der Waals surface area contributed by atoms with E-state index >= 15 is 0 Å². The maximum atomic E-state index is 13.4. The second-order valence-electron chi connectivity index (χ2n) is 7.74. The summed E-state index contributed by atoms with van der Waals surface area (Å²) in [7, 11) is -1.57. The Balaban J connectivity index is 1.65. The minimum Gasteiger partial charge on any atom is -0.486 e. The van der Waals surface area contributed by atoms with E-state index in [4.69, 9.17) is 9.47 Å². The lowest BCUT2D eigenvalue weighted by Crippen LogP contribution is -2.55. The molecule has 1 N–H and O–H groups in total. The first-order valence-electron chi connectivity index (χ1n) is 9.80. The molecule has 0 unspecified atom stereocenters. The van der Waals surface area contributed by atoms with Crippen LogP contribution in [0.4, 0.5) is 0 Å². The molecule has 7 nitrogen and oxygen atoms in total. The van der Waals surface area contributed by atoms with Gasteiger partial charge < -0.3 is 14.8 Å². The number of nitrogens with zero attached hydrogens (tertiary/aromatic N) is 2. The van der Waals surface area contributed by atoms with Gasteiger partial charge in [-0.05, 0) is 38.8 Å². The summed E-state index contributed by atoms with van der Waals surface area (Å²) in [6.45, 7) is 2.49. The molecule has 2 aliphatic heterocycles. The molecular formula is C19H29N3O4S. The molecular weight excluding hydrogens is 366 g/mol. The molecule has 2 heterocycles. The summed E-state index contributed by atoms with van der Waals surface area (Å²) in [6.07, 6.45) is 3.68. The van der Waals surface area contributed by atoms with Crippen LogP contribution in [0.3, 0.4) is 0 Å². The number of benzene rings is 1. The van der Waals surface area contributed by atoms with Gasteiger partial charge in [0, 0.05) is 31.2 Å². The number of nitrogens with one attached hydrogen (secondary N) is 1. The van der Waals surface area contributed by atoms with E-state index in [2.05, 4.69) is 5.32 Å². The number of hydrogen-bond acceptors (Lipinski definition) is 5. The first kappa shape index (κ1) is 19.1. The van der Waals surface area contributed by atoms with Crippen LogP contribution in [0.25, 0.3) is 0 Å². The Kier molecular flexibility index (Phi) is 5.44. The van der Waals surface area contributed by atoms with Crippen LogP contribution in [0, 0.1) is 0 Å². The number of ether oxygens (including phenoxy) is 2. The van der Waals surface area contributed by atoms with Gasteiger partial charge in [0.15, 0.2) is 0 Å². The van der Waals surface area contributed by atoms with Crippen LogP contribution < -0.4 is 10.1 Å². The third-order valence-electron chi connectivity index (χ3n) is 6.04. The molecule has 2 fully saturated rings. The molecule has 1 saturated heterocycles. The van der Waals surface area contributed by atoms with Gasteiger partial charge in [-0.25, -0.2) is 0 Å². The molecule has 1 aliphatic carbocycles. The molecule has 8 heteroatoms. The minimum absolute atomic E-state index is 0.354. The molecule has 27 heavy (non-hydrogen) atoms. The predicted molar refractivity (Wildman–Crippen MR) is 103 cm³/mol. The Morgan fingerprint density at radius 2 is 1.81 bits per heavy atom. The lowest BCUT2D eigenvalue weighted by molar-refractivity contribution is 0.0115. The molecule has 3 aliphatic rings. The Morgan fingerprint density at radius 3 is 2.52 bits per heavy atom. The zero-order valence-electron chi connectivity index (χ0n) is 15.9. The van der Waals surface area contributed by atoms with E-state index in [-0.39, 0.29) is 0 Å². The van der Waals surface area contributed by atoms with Crippen molar-refractivity contribution in [3.05, 3.63) is 29.8 Å². The fraction of sp³-hybridized carbons (Fsp3) is 0.684. The SMILES string of the molecule is CNC1CCC2(CC1)CN(S(=O)(=O)N1CCOCC1)Cc1ccccc1O2. The average molecular weight is 396 g/mol. The standard InChI is InChI=1S/C19H29N3O4S/c1-20-17-6-8-19(9-7-17)15-22(14-16-4-2-3-5-18(16)26-19)27(23,24)21-10-12-25-13-11-21/h2-5,17,20H,6-15H2,1H3. The number of rotatable bonds is 3. The third-order valence-corrected chi connectivity index (χ3v) is 7.97. The second-order valence-corrected chi connectivity index (χ2v) is 9.67. The number of hydrogen-bond donors (Lipinski definition) is 1. The van der Waals surface area contributed by atoms with Crippen LogP contribution in [0.1, 0.15) is 31.2 Å². The maximum Gasteiger partial charge on any atom is 0.282 e. The van der Waals surface area contributed by atoms with Gasteiger partial charge in [-0.15, -0.1) is 0 Å². The molecule has 0 amide bonds. The molecule has 1 saturated carbocycles. The molecule has 1 aromatic rings. The van der Waals surface area contributed by atoms with Gasteiger partial charge in [0.05, 0.1) is 19.8 Å². The summed E-state index contributed by atoms with van der Waals surface area (Å²) < 4.78 is 41.8. The molecule has 0 bridgehead atoms. The van der Waals surface area contributed by atoms with Gasteiger partial charge in [-0.2, -0.15) is 17.0 Å². The second kappa shape index (κ2) is 7.67. The fourth-order valence-electron chi connectivity index (χ4n) is 4.36. The van der Waals surface area contributed by atoms with Gasteiger partial charge in [0.25, 0.3) is 10.2 Å². The highest BCUT2D eigenvalue weighted by molar-refractivity contribution is 7.86. The molecule has 150 valence electrons. The van der Waals surface area contributed by atoms with Crippen molar-refractivity contribution in [2.75, 3.05) is 39.9 Å². The molecule has 0 radical (unpaired) electrons. The molecule has 0 atom stereocenters. The maximum absolute atomic E-state index is 13.4. The first-order valence-corrected chi connectivity index (χ1v) is 11.2. The van der Waals surface area contributed by atoms with Crippen molar-refractivity contribution in [3.63, 3.8) is 0 Å². The monoisotopic (exact) mass is 395 g/mol. The van der Waals surface area contributed by atoms with E-state index in [0.29, 0.717) is 45.4 Å². The highest BCUT2D eigenvalue weighted by atomic mass is 32.2. The van der Waals surface area contributed by atoms with Gasteiger partial charge in [0.1, 0.15) is 11.4 Å². The van der Waals surface area contributed by atoms with Crippen LogP contribution in [0.15, 0.2) is 24.3 Å². The Labute approximate surface area is 161 Å². The summed E-state index contributed by atoms with van der Waals surface area (Å²) in [5.74, 6) is 0.820. The summed E-state index contributed by atoms with van der Waals surface area (Å²) in [6, 6.07) is 8.30. The Hall–Kier alpha value is -1.19. The van der Waals surface area contributed by atoms with E-state index < -0.39 is 15.8 Å². The van der Waals surface area contributed by atoms with Crippen molar-refractivity contribution in [1.82, 2.24) is 13.9 Å². The number of fused-ring (bicyclic) bond motifs is 1. The van der Waals surface area contributed by atoms with Crippen molar-refractivity contribution in [3.8, 4) is 5.75 Å². The smallest absolute Gasteiger partial charge is 0.282 e. The summed E-state index contributed by atoms with van der Waals surface area (Å²) in [5.41, 5.74) is 0.473. The normalized spacial score (nSPS) is 30.5. The topological polar surface area (TPSA) is 71.1 Å². The van der Waals surface area contributed by atoms with Gasteiger partial charge in [-0.1, -0.05) is 18.2 Å². The van der Waals surface area contributed by atoms with Crippen molar-refractivity contribution >= 4 is 10.2 Å². The van der Waals surface area contributed by atoms with Crippen molar-refractivity contribution in [2.45, 2.75) is 43.9 Å². The van der Waals surface area contributed by atoms with Crippen LogP contribution in [0.5, 0.6) is 5.75 Å². The largest absolute Gasteiger partial charge is 0.486 e. The highest BCUT2D eigenvalue weighted by Gasteiger charge is 2.45. The molecule has 0 aromatic heterocycles. The quantitative estimate of drug-likeness (QED) is 0.837. The number of para-hydroxylation sites is 1. The lowest BCUT2D eigenvalue weighted by Gasteiger charge is -2.42.